The number of hydrogen-bond acceptors (Lipinski definition) is 4. The molecule has 2 N–H and O–H groups in total. The number of aryl methyl sites for hydroxylation is 2. The second-order valence-electron chi connectivity index (χ2n) is 7.57. The lowest BCUT2D eigenvalue weighted by atomic mass is 9.92. The first kappa shape index (κ1) is 21.8. The highest BCUT2D eigenvalue weighted by Crippen LogP contribution is 2.38. The molecular formula is C24H25O5P. The van der Waals surface area contributed by atoms with Gasteiger partial charge in [-0.1, -0.05) is 42.5 Å². The van der Waals surface area contributed by atoms with Crippen molar-refractivity contribution in [1.82, 2.24) is 0 Å². The highest BCUT2D eigenvalue weighted by Gasteiger charge is 2.20. The van der Waals surface area contributed by atoms with E-state index < -0.39 is 13.6 Å². The van der Waals surface area contributed by atoms with Crippen LogP contribution in [-0.2, 0) is 21.9 Å². The van der Waals surface area contributed by atoms with E-state index >= 15 is 0 Å². The van der Waals surface area contributed by atoms with Gasteiger partial charge in [0.05, 0.1) is 5.56 Å². The van der Waals surface area contributed by atoms with E-state index in [0.717, 1.165) is 40.0 Å². The molecule has 0 aromatic heterocycles. The summed E-state index contributed by atoms with van der Waals surface area (Å²) in [6, 6.07) is 18.9. The second kappa shape index (κ2) is 8.86. The van der Waals surface area contributed by atoms with Crippen molar-refractivity contribution < 1.29 is 23.9 Å². The first-order valence-corrected chi connectivity index (χ1v) is 11.6. The van der Waals surface area contributed by atoms with Crippen LogP contribution in [0.2, 0.25) is 0 Å². The maximum absolute atomic E-state index is 12.1. The molecule has 0 spiro atoms. The number of aromatic hydroxyl groups is 1. The second-order valence-corrected chi connectivity index (χ2v) is 9.36. The summed E-state index contributed by atoms with van der Waals surface area (Å²) in [7, 11) is -3.90. The molecule has 0 saturated heterocycles. The van der Waals surface area contributed by atoms with Gasteiger partial charge in [-0.2, -0.15) is 0 Å². The highest BCUT2D eigenvalue weighted by atomic mass is 31.2. The molecule has 0 aliphatic carbocycles. The van der Waals surface area contributed by atoms with Crippen LogP contribution in [0.5, 0.6) is 5.75 Å². The predicted molar refractivity (Wildman–Crippen MR) is 117 cm³/mol. The molecule has 0 saturated carbocycles. The van der Waals surface area contributed by atoms with Gasteiger partial charge in [0, 0.05) is 13.1 Å². The Hall–Kier alpha value is -2.88. The molecule has 0 aliphatic heterocycles. The molecule has 6 heteroatoms. The lowest BCUT2D eigenvalue weighted by Gasteiger charge is -2.14. The average molecular weight is 424 g/mol. The maximum atomic E-state index is 12.1. The molecule has 3 aromatic carbocycles. The van der Waals surface area contributed by atoms with Crippen LogP contribution in [-0.4, -0.2) is 22.6 Å². The molecule has 30 heavy (non-hydrogen) atoms. The molecule has 0 amide bonds. The van der Waals surface area contributed by atoms with Gasteiger partial charge in [0.15, 0.2) is 0 Å². The number of carbonyl (C=O) groups is 1. The summed E-state index contributed by atoms with van der Waals surface area (Å²) in [6.45, 7) is 4.78. The first-order valence-electron chi connectivity index (χ1n) is 9.61. The third-order valence-corrected chi connectivity index (χ3v) is 5.45. The largest absolute Gasteiger partial charge is 0.508 e. The lowest BCUT2D eigenvalue weighted by Crippen LogP contribution is -2.06. The highest BCUT2D eigenvalue weighted by molar-refractivity contribution is 7.52. The summed E-state index contributed by atoms with van der Waals surface area (Å²) in [5, 5.41) is 10.3. The monoisotopic (exact) mass is 424 g/mol. The minimum absolute atomic E-state index is 0.250. The predicted octanol–water partition coefficient (Wildman–Crippen LogP) is 5.16. The summed E-state index contributed by atoms with van der Waals surface area (Å²) in [6.07, 6.45) is 1.28. The summed E-state index contributed by atoms with van der Waals surface area (Å²) < 4.78 is 16.0. The Morgan fingerprint density at radius 2 is 1.57 bits per heavy atom. The molecule has 3 aromatic rings. The third-order valence-electron chi connectivity index (χ3n) is 4.95. The van der Waals surface area contributed by atoms with E-state index in [4.69, 9.17) is 0 Å². The molecule has 0 fully saturated rings. The van der Waals surface area contributed by atoms with E-state index in [0.29, 0.717) is 12.8 Å². The number of hydrogen-bond donors (Lipinski definition) is 2. The minimum atomic E-state index is -3.90. The minimum Gasteiger partial charge on any atom is -0.508 e. The van der Waals surface area contributed by atoms with Gasteiger partial charge < -0.3 is 14.5 Å². The molecule has 3 rings (SSSR count). The normalized spacial score (nSPS) is 12.9. The van der Waals surface area contributed by atoms with E-state index in [2.05, 4.69) is 4.52 Å². The van der Waals surface area contributed by atoms with Crippen molar-refractivity contribution in [3.63, 3.8) is 0 Å². The fourth-order valence-electron chi connectivity index (χ4n) is 3.51. The van der Waals surface area contributed by atoms with E-state index in [1.807, 2.05) is 56.3 Å². The van der Waals surface area contributed by atoms with E-state index in [1.54, 1.807) is 18.2 Å². The zero-order chi connectivity index (χ0) is 21.9. The third kappa shape index (κ3) is 5.59. The number of benzene rings is 3. The van der Waals surface area contributed by atoms with Crippen LogP contribution >= 0.6 is 7.60 Å². The fraction of sp³-hybridized carbons (Fsp3) is 0.208. The van der Waals surface area contributed by atoms with Crippen LogP contribution in [0.15, 0.2) is 60.7 Å². The van der Waals surface area contributed by atoms with Crippen molar-refractivity contribution >= 4 is 13.6 Å². The summed E-state index contributed by atoms with van der Waals surface area (Å²) in [5.74, 6) is -0.544. The molecule has 1 atom stereocenters. The average Bonchev–Trinajstić information content (AvgIpc) is 2.66. The van der Waals surface area contributed by atoms with Crippen molar-refractivity contribution in [2.45, 2.75) is 26.7 Å². The quantitative estimate of drug-likeness (QED) is 0.534. The van der Waals surface area contributed by atoms with Gasteiger partial charge in [-0.15, -0.1) is 0 Å². The molecule has 0 heterocycles. The molecule has 5 nitrogen and oxygen atoms in total. The number of rotatable bonds is 6. The number of phenols is 1. The Balaban J connectivity index is 1.85. The van der Waals surface area contributed by atoms with Gasteiger partial charge in [-0.25, -0.2) is 9.36 Å². The molecule has 0 bridgehead atoms. The molecule has 1 unspecified atom stereocenters. The lowest BCUT2D eigenvalue weighted by molar-refractivity contribution is 0.0720. The van der Waals surface area contributed by atoms with Gasteiger partial charge in [-0.05, 0) is 71.8 Å². The van der Waals surface area contributed by atoms with Gasteiger partial charge in [0.2, 0.25) is 0 Å². The van der Waals surface area contributed by atoms with E-state index in [9.17, 15) is 19.4 Å². The zero-order valence-corrected chi connectivity index (χ0v) is 18.1. The van der Waals surface area contributed by atoms with Crippen molar-refractivity contribution in [3.05, 3.63) is 99.6 Å². The maximum Gasteiger partial charge on any atom is 0.375 e. The van der Waals surface area contributed by atoms with Crippen LogP contribution in [0, 0.1) is 13.8 Å². The van der Waals surface area contributed by atoms with Crippen LogP contribution in [0.25, 0.3) is 0 Å². The Bertz CT molecular complexity index is 1090. The summed E-state index contributed by atoms with van der Waals surface area (Å²) in [5.41, 5.74) is 6.13. The first-order chi connectivity index (χ1) is 14.1. The topological polar surface area (TPSA) is 83.8 Å². The molecule has 0 radical (unpaired) electrons. The molecule has 0 aliphatic rings. The van der Waals surface area contributed by atoms with Crippen molar-refractivity contribution in [3.8, 4) is 5.75 Å². The van der Waals surface area contributed by atoms with Crippen LogP contribution in [0.3, 0.4) is 0 Å². The van der Waals surface area contributed by atoms with Crippen LogP contribution in [0.1, 0.15) is 43.7 Å². The summed E-state index contributed by atoms with van der Waals surface area (Å²) >= 11 is 0. The molecular weight excluding hydrogens is 399 g/mol. The Morgan fingerprint density at radius 1 is 0.933 bits per heavy atom. The molecule has 156 valence electrons. The van der Waals surface area contributed by atoms with Crippen molar-refractivity contribution in [1.29, 1.82) is 0 Å². The Morgan fingerprint density at radius 3 is 2.17 bits per heavy atom. The van der Waals surface area contributed by atoms with Gasteiger partial charge in [0.1, 0.15) is 5.75 Å². The Labute approximate surface area is 176 Å². The number of phenolic OH excluding ortho intramolecular Hbond substituents is 1. The van der Waals surface area contributed by atoms with Crippen LogP contribution < -0.4 is 0 Å². The zero-order valence-electron chi connectivity index (χ0n) is 17.3. The number of carbonyl (C=O) groups excluding carboxylic acids is 1. The van der Waals surface area contributed by atoms with Crippen molar-refractivity contribution in [2.75, 3.05) is 6.66 Å². The SMILES string of the molecule is Cc1cc(C(=O)OP(C)(=O)O)cc(C)c1Cc1ccc(O)c(Cc2ccccc2)c1. The fourth-order valence-corrected chi connectivity index (χ4v) is 3.92. The van der Waals surface area contributed by atoms with E-state index in [1.165, 1.54) is 0 Å². The Kier molecular flexibility index (Phi) is 6.45. The standard InChI is InChI=1S/C24H25O5P/c1-16-11-21(24(26)29-30(3,27)28)12-17(2)22(16)15-19-9-10-23(25)20(14-19)13-18-7-5-4-6-8-18/h4-12,14,25H,13,15H2,1-3H3,(H,27,28). The van der Waals surface area contributed by atoms with E-state index in [-0.39, 0.29) is 11.3 Å². The van der Waals surface area contributed by atoms with Crippen molar-refractivity contribution in [2.24, 2.45) is 0 Å². The van der Waals surface area contributed by atoms with Gasteiger partial charge >= 0.3 is 13.6 Å². The van der Waals surface area contributed by atoms with Crippen LogP contribution in [0.4, 0.5) is 0 Å². The smallest absolute Gasteiger partial charge is 0.375 e. The van der Waals surface area contributed by atoms with Gasteiger partial charge in [0.25, 0.3) is 0 Å². The summed E-state index contributed by atoms with van der Waals surface area (Å²) in [4.78, 5) is 21.4. The van der Waals surface area contributed by atoms with Gasteiger partial charge in [-0.3, -0.25) is 0 Å².